The van der Waals surface area contributed by atoms with E-state index < -0.39 is 29.6 Å². The fraction of sp³-hybridized carbons (Fsp3) is 0.417. The van der Waals surface area contributed by atoms with E-state index in [9.17, 15) is 22.8 Å². The quantitative estimate of drug-likeness (QED) is 0.545. The average molecular weight is 464 g/mol. The van der Waals surface area contributed by atoms with E-state index in [0.29, 0.717) is 18.7 Å². The number of halogens is 3. The molecule has 1 aliphatic heterocycles. The lowest BCUT2D eigenvalue weighted by atomic mass is 9.83. The molecule has 2 aromatic rings. The molecule has 2 aromatic carbocycles. The van der Waals surface area contributed by atoms with Gasteiger partial charge < -0.3 is 9.64 Å². The molecular formula is C24H28F3N3O3. The number of carbonyl (C=O) groups excluding carboxylic acids is 2. The van der Waals surface area contributed by atoms with Gasteiger partial charge in [0.25, 0.3) is 0 Å². The minimum absolute atomic E-state index is 0.0331. The van der Waals surface area contributed by atoms with Gasteiger partial charge in [0.2, 0.25) is 11.8 Å². The SMILES string of the molecule is CCCCN1C(=O)CCC(C(=O)NNc2cccc(C(F)(F)F)c2)C1c1ccccc1OC. The summed E-state index contributed by atoms with van der Waals surface area (Å²) in [4.78, 5) is 27.7. The second-order valence-electron chi connectivity index (χ2n) is 7.97. The fourth-order valence-corrected chi connectivity index (χ4v) is 4.11. The van der Waals surface area contributed by atoms with Gasteiger partial charge in [-0.25, -0.2) is 0 Å². The summed E-state index contributed by atoms with van der Waals surface area (Å²) in [5, 5.41) is 0. The van der Waals surface area contributed by atoms with Crippen LogP contribution >= 0.6 is 0 Å². The zero-order chi connectivity index (χ0) is 24.0. The van der Waals surface area contributed by atoms with Crippen molar-refractivity contribution in [3.05, 3.63) is 59.7 Å². The van der Waals surface area contributed by atoms with Crippen LogP contribution in [0.1, 0.15) is 49.8 Å². The van der Waals surface area contributed by atoms with Crippen LogP contribution in [0.3, 0.4) is 0 Å². The Kier molecular flexibility index (Phi) is 7.84. The van der Waals surface area contributed by atoms with E-state index >= 15 is 0 Å². The van der Waals surface area contributed by atoms with Crippen LogP contribution in [-0.2, 0) is 15.8 Å². The lowest BCUT2D eigenvalue weighted by Gasteiger charge is -2.41. The van der Waals surface area contributed by atoms with Gasteiger partial charge in [0.05, 0.1) is 30.3 Å². The fourth-order valence-electron chi connectivity index (χ4n) is 4.11. The second-order valence-corrected chi connectivity index (χ2v) is 7.97. The first kappa shape index (κ1) is 24.4. The van der Waals surface area contributed by atoms with E-state index in [1.165, 1.54) is 19.2 Å². The highest BCUT2D eigenvalue weighted by Gasteiger charge is 2.41. The summed E-state index contributed by atoms with van der Waals surface area (Å²) in [5.41, 5.74) is 5.15. The van der Waals surface area contributed by atoms with Crippen LogP contribution in [0, 0.1) is 5.92 Å². The molecule has 1 aliphatic rings. The molecule has 0 radical (unpaired) electrons. The van der Waals surface area contributed by atoms with Crippen LogP contribution in [-0.4, -0.2) is 30.4 Å². The number of nitrogens with one attached hydrogen (secondary N) is 2. The number of hydrazine groups is 1. The van der Waals surface area contributed by atoms with Crippen molar-refractivity contribution in [2.45, 2.75) is 44.8 Å². The molecule has 33 heavy (non-hydrogen) atoms. The smallest absolute Gasteiger partial charge is 0.416 e. The molecule has 2 amide bonds. The van der Waals surface area contributed by atoms with Gasteiger partial charge in [0, 0.05) is 18.5 Å². The van der Waals surface area contributed by atoms with Crippen molar-refractivity contribution in [3.63, 3.8) is 0 Å². The first-order valence-electron chi connectivity index (χ1n) is 10.9. The highest BCUT2D eigenvalue weighted by atomic mass is 19.4. The number of alkyl halides is 3. The second kappa shape index (κ2) is 10.6. The molecule has 3 rings (SSSR count). The average Bonchev–Trinajstić information content (AvgIpc) is 2.81. The molecule has 1 saturated heterocycles. The molecule has 178 valence electrons. The van der Waals surface area contributed by atoms with E-state index in [2.05, 4.69) is 10.9 Å². The molecule has 2 unspecified atom stereocenters. The number of rotatable bonds is 8. The normalized spacial score (nSPS) is 18.7. The summed E-state index contributed by atoms with van der Waals surface area (Å²) in [6.45, 7) is 2.53. The van der Waals surface area contributed by atoms with Gasteiger partial charge in [0.1, 0.15) is 5.75 Å². The lowest BCUT2D eigenvalue weighted by Crippen LogP contribution is -2.49. The summed E-state index contributed by atoms with van der Waals surface area (Å²) >= 11 is 0. The number of benzene rings is 2. The minimum atomic E-state index is -4.49. The third kappa shape index (κ3) is 5.77. The van der Waals surface area contributed by atoms with Crippen LogP contribution < -0.4 is 15.6 Å². The minimum Gasteiger partial charge on any atom is -0.496 e. The summed E-state index contributed by atoms with van der Waals surface area (Å²) in [6, 6.07) is 11.3. The number of anilines is 1. The number of nitrogens with zero attached hydrogens (tertiary/aromatic N) is 1. The van der Waals surface area contributed by atoms with E-state index in [1.807, 2.05) is 25.1 Å². The number of hydrogen-bond acceptors (Lipinski definition) is 4. The van der Waals surface area contributed by atoms with Crippen molar-refractivity contribution in [2.75, 3.05) is 19.1 Å². The number of methoxy groups -OCH3 is 1. The molecule has 0 aliphatic carbocycles. The van der Waals surface area contributed by atoms with Crippen molar-refractivity contribution in [1.82, 2.24) is 10.3 Å². The van der Waals surface area contributed by atoms with Gasteiger partial charge in [-0.1, -0.05) is 37.6 Å². The Bertz CT molecular complexity index is 981. The first-order chi connectivity index (χ1) is 15.8. The summed E-state index contributed by atoms with van der Waals surface area (Å²) in [7, 11) is 1.53. The van der Waals surface area contributed by atoms with E-state index in [4.69, 9.17) is 4.74 Å². The number of likely N-dealkylation sites (tertiary alicyclic amines) is 1. The monoisotopic (exact) mass is 463 g/mol. The van der Waals surface area contributed by atoms with Gasteiger partial charge in [0.15, 0.2) is 0 Å². The highest BCUT2D eigenvalue weighted by molar-refractivity contribution is 5.86. The molecule has 1 fully saturated rings. The third-order valence-electron chi connectivity index (χ3n) is 5.77. The standard InChI is InChI=1S/C24H28F3N3O3/c1-3-4-14-30-21(31)13-12-19(22(30)18-10-5-6-11-20(18)33-2)23(32)29-28-17-9-7-8-16(15-17)24(25,26)27/h5-11,15,19,22,28H,3-4,12-14H2,1-2H3,(H,29,32). The van der Waals surface area contributed by atoms with E-state index in [0.717, 1.165) is 30.5 Å². The number of ether oxygens (including phenoxy) is 1. The molecule has 0 bridgehead atoms. The molecular weight excluding hydrogens is 435 g/mol. The zero-order valence-electron chi connectivity index (χ0n) is 18.6. The van der Waals surface area contributed by atoms with Crippen molar-refractivity contribution in [3.8, 4) is 5.75 Å². The third-order valence-corrected chi connectivity index (χ3v) is 5.77. The summed E-state index contributed by atoms with van der Waals surface area (Å²) in [6.07, 6.45) is -2.28. The maximum absolute atomic E-state index is 13.2. The largest absolute Gasteiger partial charge is 0.496 e. The van der Waals surface area contributed by atoms with Crippen molar-refractivity contribution < 1.29 is 27.5 Å². The molecule has 9 heteroatoms. The van der Waals surface area contributed by atoms with Crippen LogP contribution in [0.4, 0.5) is 18.9 Å². The van der Waals surface area contributed by atoms with Crippen molar-refractivity contribution >= 4 is 17.5 Å². The zero-order valence-corrected chi connectivity index (χ0v) is 18.6. The number of para-hydroxylation sites is 1. The molecule has 0 spiro atoms. The van der Waals surface area contributed by atoms with Crippen molar-refractivity contribution in [2.24, 2.45) is 5.92 Å². The highest BCUT2D eigenvalue weighted by Crippen LogP contribution is 2.41. The summed E-state index contributed by atoms with van der Waals surface area (Å²) in [5.74, 6) is -0.469. The van der Waals surface area contributed by atoms with Crippen LogP contribution in [0.2, 0.25) is 0 Å². The number of unbranched alkanes of at least 4 members (excludes halogenated alkanes) is 1. The predicted molar refractivity (Wildman–Crippen MR) is 118 cm³/mol. The molecule has 2 N–H and O–H groups in total. The molecule has 1 heterocycles. The lowest BCUT2D eigenvalue weighted by molar-refractivity contribution is -0.143. The van der Waals surface area contributed by atoms with Gasteiger partial charge in [-0.2, -0.15) is 13.2 Å². The van der Waals surface area contributed by atoms with Crippen LogP contribution in [0.5, 0.6) is 5.75 Å². The predicted octanol–water partition coefficient (Wildman–Crippen LogP) is 4.94. The Morgan fingerprint density at radius 2 is 1.94 bits per heavy atom. The first-order valence-corrected chi connectivity index (χ1v) is 10.9. The maximum Gasteiger partial charge on any atom is 0.416 e. The number of piperidine rings is 1. The number of amides is 2. The summed E-state index contributed by atoms with van der Waals surface area (Å²) < 4.78 is 44.5. The van der Waals surface area contributed by atoms with Gasteiger partial charge in [-0.05, 0) is 37.1 Å². The Morgan fingerprint density at radius 1 is 1.18 bits per heavy atom. The van der Waals surface area contributed by atoms with Crippen LogP contribution in [0.25, 0.3) is 0 Å². The topological polar surface area (TPSA) is 70.7 Å². The Labute approximate surface area is 191 Å². The Balaban J connectivity index is 1.85. The van der Waals surface area contributed by atoms with E-state index in [1.54, 1.807) is 11.0 Å². The van der Waals surface area contributed by atoms with Gasteiger partial charge in [-0.3, -0.25) is 20.4 Å². The van der Waals surface area contributed by atoms with Crippen LogP contribution in [0.15, 0.2) is 48.5 Å². The van der Waals surface area contributed by atoms with Crippen molar-refractivity contribution in [1.29, 1.82) is 0 Å². The maximum atomic E-state index is 13.2. The van der Waals surface area contributed by atoms with E-state index in [-0.39, 0.29) is 18.0 Å². The Hall–Kier alpha value is -3.23. The number of carbonyl (C=O) groups is 2. The molecule has 2 atom stereocenters. The molecule has 6 nitrogen and oxygen atoms in total. The Morgan fingerprint density at radius 3 is 2.64 bits per heavy atom. The molecule has 0 saturated carbocycles. The molecule has 0 aromatic heterocycles. The number of hydrogen-bond donors (Lipinski definition) is 2. The van der Waals surface area contributed by atoms with Gasteiger partial charge >= 0.3 is 6.18 Å². The van der Waals surface area contributed by atoms with Gasteiger partial charge in [-0.15, -0.1) is 0 Å².